The van der Waals surface area contributed by atoms with Crippen LogP contribution in [0.2, 0.25) is 0 Å². The molecule has 6 heteroatoms. The molecule has 0 saturated heterocycles. The standard InChI is InChI=1S/C15H13BrFNO3/c1-20-13-4-2-3-11(14(13)18)15(19)21-8-9-5-6-10(17)7-12(9)16/h2-7H,8,18H2,1H3. The van der Waals surface area contributed by atoms with Crippen molar-refractivity contribution in [1.29, 1.82) is 0 Å². The second kappa shape index (κ2) is 6.58. The molecule has 0 bridgehead atoms. The first-order chi connectivity index (χ1) is 10.0. The smallest absolute Gasteiger partial charge is 0.340 e. The highest BCUT2D eigenvalue weighted by Crippen LogP contribution is 2.26. The van der Waals surface area contributed by atoms with Crippen LogP contribution in [0.25, 0.3) is 0 Å². The molecule has 0 amide bonds. The summed E-state index contributed by atoms with van der Waals surface area (Å²) < 4.78 is 23.8. The predicted octanol–water partition coefficient (Wildman–Crippen LogP) is 3.54. The van der Waals surface area contributed by atoms with Crippen molar-refractivity contribution in [2.24, 2.45) is 0 Å². The van der Waals surface area contributed by atoms with Crippen molar-refractivity contribution in [2.45, 2.75) is 6.61 Å². The van der Waals surface area contributed by atoms with E-state index in [4.69, 9.17) is 15.2 Å². The summed E-state index contributed by atoms with van der Waals surface area (Å²) in [5.41, 5.74) is 6.94. The number of rotatable bonds is 4. The van der Waals surface area contributed by atoms with Crippen LogP contribution < -0.4 is 10.5 Å². The zero-order valence-corrected chi connectivity index (χ0v) is 12.8. The van der Waals surface area contributed by atoms with Crippen molar-refractivity contribution < 1.29 is 18.7 Å². The summed E-state index contributed by atoms with van der Waals surface area (Å²) in [4.78, 5) is 12.0. The molecular formula is C15H13BrFNO3. The van der Waals surface area contributed by atoms with Gasteiger partial charge in [-0.15, -0.1) is 0 Å². The monoisotopic (exact) mass is 353 g/mol. The van der Waals surface area contributed by atoms with Crippen LogP contribution in [0, 0.1) is 5.82 Å². The van der Waals surface area contributed by atoms with E-state index < -0.39 is 5.97 Å². The Bertz CT molecular complexity index is 676. The van der Waals surface area contributed by atoms with E-state index in [1.54, 1.807) is 24.3 Å². The lowest BCUT2D eigenvalue weighted by Gasteiger charge is -2.10. The van der Waals surface area contributed by atoms with Crippen molar-refractivity contribution in [3.8, 4) is 5.75 Å². The third kappa shape index (κ3) is 3.52. The third-order valence-corrected chi connectivity index (χ3v) is 3.62. The average Bonchev–Trinajstić information content (AvgIpc) is 2.46. The van der Waals surface area contributed by atoms with Gasteiger partial charge in [-0.3, -0.25) is 0 Å². The van der Waals surface area contributed by atoms with Gasteiger partial charge in [0.05, 0.1) is 18.4 Å². The van der Waals surface area contributed by atoms with Crippen molar-refractivity contribution in [2.75, 3.05) is 12.8 Å². The predicted molar refractivity (Wildman–Crippen MR) is 80.6 cm³/mol. The van der Waals surface area contributed by atoms with Crippen LogP contribution in [0.15, 0.2) is 40.9 Å². The second-order valence-electron chi connectivity index (χ2n) is 4.23. The zero-order valence-electron chi connectivity index (χ0n) is 11.2. The molecule has 4 nitrogen and oxygen atoms in total. The Morgan fingerprint density at radius 1 is 1.33 bits per heavy atom. The van der Waals surface area contributed by atoms with Gasteiger partial charge in [-0.1, -0.05) is 28.1 Å². The van der Waals surface area contributed by atoms with Gasteiger partial charge in [-0.25, -0.2) is 9.18 Å². The first kappa shape index (κ1) is 15.3. The number of para-hydroxylation sites is 1. The lowest BCUT2D eigenvalue weighted by molar-refractivity contribution is 0.0473. The van der Waals surface area contributed by atoms with E-state index in [1.807, 2.05) is 0 Å². The summed E-state index contributed by atoms with van der Waals surface area (Å²) in [5, 5.41) is 0. The van der Waals surface area contributed by atoms with Crippen LogP contribution in [-0.2, 0) is 11.3 Å². The molecule has 2 aromatic rings. The number of hydrogen-bond acceptors (Lipinski definition) is 4. The third-order valence-electron chi connectivity index (χ3n) is 2.88. The summed E-state index contributed by atoms with van der Waals surface area (Å²) in [6.07, 6.45) is 0. The van der Waals surface area contributed by atoms with E-state index in [1.165, 1.54) is 19.2 Å². The van der Waals surface area contributed by atoms with Crippen molar-refractivity contribution in [1.82, 2.24) is 0 Å². The molecule has 0 fully saturated rings. The first-order valence-electron chi connectivity index (χ1n) is 6.06. The molecule has 0 radical (unpaired) electrons. The minimum atomic E-state index is -0.567. The van der Waals surface area contributed by atoms with Crippen molar-refractivity contribution in [3.05, 3.63) is 57.8 Å². The summed E-state index contributed by atoms with van der Waals surface area (Å²) in [6.45, 7) is 0.0103. The maximum atomic E-state index is 13.0. The zero-order chi connectivity index (χ0) is 15.4. The topological polar surface area (TPSA) is 61.5 Å². The van der Waals surface area contributed by atoms with Crippen molar-refractivity contribution >= 4 is 27.6 Å². The normalized spacial score (nSPS) is 10.2. The fourth-order valence-corrected chi connectivity index (χ4v) is 2.23. The van der Waals surface area contributed by atoms with Gasteiger partial charge in [0.25, 0.3) is 0 Å². The van der Waals surface area contributed by atoms with Gasteiger partial charge in [0.1, 0.15) is 18.2 Å². The minimum absolute atomic E-state index is 0.0103. The number of anilines is 1. The molecule has 0 spiro atoms. The SMILES string of the molecule is COc1cccc(C(=O)OCc2ccc(F)cc2Br)c1N. The molecule has 21 heavy (non-hydrogen) atoms. The number of nitrogens with two attached hydrogens (primary N) is 1. The number of benzene rings is 2. The van der Waals surface area contributed by atoms with Crippen LogP contribution in [0.1, 0.15) is 15.9 Å². The number of hydrogen-bond donors (Lipinski definition) is 1. The highest BCUT2D eigenvalue weighted by Gasteiger charge is 2.15. The molecule has 0 saturated carbocycles. The summed E-state index contributed by atoms with van der Waals surface area (Å²) in [6, 6.07) is 9.01. The minimum Gasteiger partial charge on any atom is -0.495 e. The Hall–Kier alpha value is -2.08. The van der Waals surface area contributed by atoms with Gasteiger partial charge in [0.15, 0.2) is 0 Å². The number of carbonyl (C=O) groups is 1. The van der Waals surface area contributed by atoms with E-state index in [0.29, 0.717) is 15.8 Å². The molecule has 110 valence electrons. The lowest BCUT2D eigenvalue weighted by atomic mass is 10.1. The molecule has 2 N–H and O–H groups in total. The largest absolute Gasteiger partial charge is 0.495 e. The van der Waals surface area contributed by atoms with Crippen LogP contribution >= 0.6 is 15.9 Å². The van der Waals surface area contributed by atoms with E-state index in [0.717, 1.165) is 0 Å². The Morgan fingerprint density at radius 3 is 2.76 bits per heavy atom. The summed E-state index contributed by atoms with van der Waals surface area (Å²) in [5.74, 6) is -0.524. The fourth-order valence-electron chi connectivity index (χ4n) is 1.76. The Morgan fingerprint density at radius 2 is 2.10 bits per heavy atom. The molecular weight excluding hydrogens is 341 g/mol. The van der Waals surface area contributed by atoms with Gasteiger partial charge in [0, 0.05) is 10.0 Å². The Kier molecular flexibility index (Phi) is 4.80. The number of ether oxygens (including phenoxy) is 2. The number of halogens is 2. The highest BCUT2D eigenvalue weighted by molar-refractivity contribution is 9.10. The van der Waals surface area contributed by atoms with Gasteiger partial charge in [-0.2, -0.15) is 0 Å². The van der Waals surface area contributed by atoms with Gasteiger partial charge < -0.3 is 15.2 Å². The number of nitrogen functional groups attached to an aromatic ring is 1. The number of carbonyl (C=O) groups excluding carboxylic acids is 1. The molecule has 0 aliphatic rings. The summed E-state index contributed by atoms with van der Waals surface area (Å²) in [7, 11) is 1.47. The molecule has 2 aromatic carbocycles. The highest BCUT2D eigenvalue weighted by atomic mass is 79.9. The number of methoxy groups -OCH3 is 1. The van der Waals surface area contributed by atoms with E-state index >= 15 is 0 Å². The van der Waals surface area contributed by atoms with Gasteiger partial charge >= 0.3 is 5.97 Å². The number of esters is 1. The van der Waals surface area contributed by atoms with E-state index in [2.05, 4.69) is 15.9 Å². The Balaban J connectivity index is 2.12. The summed E-state index contributed by atoms with van der Waals surface area (Å²) >= 11 is 3.21. The van der Waals surface area contributed by atoms with Crippen molar-refractivity contribution in [3.63, 3.8) is 0 Å². The lowest BCUT2D eigenvalue weighted by Crippen LogP contribution is -2.09. The molecule has 0 aliphatic carbocycles. The molecule has 2 rings (SSSR count). The van der Waals surface area contributed by atoms with Crippen LogP contribution in [0.5, 0.6) is 5.75 Å². The van der Waals surface area contributed by atoms with E-state index in [-0.39, 0.29) is 23.7 Å². The quantitative estimate of drug-likeness (QED) is 0.674. The molecule has 0 atom stereocenters. The van der Waals surface area contributed by atoms with Gasteiger partial charge in [0.2, 0.25) is 0 Å². The van der Waals surface area contributed by atoms with Gasteiger partial charge in [-0.05, 0) is 24.3 Å². The molecule has 0 aromatic heterocycles. The average molecular weight is 354 g/mol. The Labute approximate surface area is 129 Å². The van der Waals surface area contributed by atoms with Crippen LogP contribution in [0.4, 0.5) is 10.1 Å². The fraction of sp³-hybridized carbons (Fsp3) is 0.133. The second-order valence-corrected chi connectivity index (χ2v) is 5.09. The first-order valence-corrected chi connectivity index (χ1v) is 6.85. The van der Waals surface area contributed by atoms with Crippen LogP contribution in [-0.4, -0.2) is 13.1 Å². The molecule has 0 unspecified atom stereocenters. The molecule has 0 heterocycles. The van der Waals surface area contributed by atoms with E-state index in [9.17, 15) is 9.18 Å². The maximum Gasteiger partial charge on any atom is 0.340 e. The maximum absolute atomic E-state index is 13.0. The van der Waals surface area contributed by atoms with Crippen LogP contribution in [0.3, 0.4) is 0 Å². The molecule has 0 aliphatic heterocycles.